The molecular formula is C23H22N2O4. The van der Waals surface area contributed by atoms with E-state index in [0.717, 1.165) is 17.0 Å². The highest BCUT2D eigenvalue weighted by Gasteiger charge is 2.35. The summed E-state index contributed by atoms with van der Waals surface area (Å²) in [6.07, 6.45) is -0.435. The van der Waals surface area contributed by atoms with Gasteiger partial charge in [-0.3, -0.25) is 9.69 Å². The Balaban J connectivity index is 1.89. The molecule has 0 spiro atoms. The summed E-state index contributed by atoms with van der Waals surface area (Å²) < 4.78 is 16.3. The number of ether oxygens (including phenoxy) is 3. The van der Waals surface area contributed by atoms with Crippen molar-refractivity contribution < 1.29 is 19.0 Å². The summed E-state index contributed by atoms with van der Waals surface area (Å²) in [5, 5.41) is 3.49. The molecule has 1 aliphatic rings. The van der Waals surface area contributed by atoms with Gasteiger partial charge >= 0.3 is 0 Å². The van der Waals surface area contributed by atoms with Crippen LogP contribution < -0.4 is 24.4 Å². The minimum absolute atomic E-state index is 0.115. The van der Waals surface area contributed by atoms with E-state index in [9.17, 15) is 4.79 Å². The largest absolute Gasteiger partial charge is 0.497 e. The van der Waals surface area contributed by atoms with Gasteiger partial charge in [0.1, 0.15) is 23.4 Å². The van der Waals surface area contributed by atoms with Gasteiger partial charge in [0.05, 0.1) is 32.6 Å². The van der Waals surface area contributed by atoms with Crippen LogP contribution in [0.4, 0.5) is 11.4 Å². The fourth-order valence-corrected chi connectivity index (χ4v) is 3.53. The topological polar surface area (TPSA) is 60.0 Å². The van der Waals surface area contributed by atoms with Crippen LogP contribution in [0.25, 0.3) is 0 Å². The quantitative estimate of drug-likeness (QED) is 0.696. The van der Waals surface area contributed by atoms with E-state index in [-0.39, 0.29) is 5.91 Å². The van der Waals surface area contributed by atoms with Crippen molar-refractivity contribution in [2.24, 2.45) is 0 Å². The van der Waals surface area contributed by atoms with E-state index in [0.29, 0.717) is 22.7 Å². The fourth-order valence-electron chi connectivity index (χ4n) is 3.53. The number of nitrogens with one attached hydrogen (secondary N) is 1. The van der Waals surface area contributed by atoms with E-state index in [4.69, 9.17) is 14.2 Å². The zero-order chi connectivity index (χ0) is 20.4. The first-order valence-electron chi connectivity index (χ1n) is 9.21. The molecule has 1 N–H and O–H groups in total. The number of rotatable bonds is 5. The minimum atomic E-state index is -0.435. The number of benzene rings is 3. The lowest BCUT2D eigenvalue weighted by atomic mass is 10.0. The van der Waals surface area contributed by atoms with Crippen LogP contribution in [0.3, 0.4) is 0 Å². The second-order valence-corrected chi connectivity index (χ2v) is 6.58. The number of carbonyl (C=O) groups is 1. The van der Waals surface area contributed by atoms with Crippen LogP contribution in [0.5, 0.6) is 17.2 Å². The molecule has 0 fully saturated rings. The Bertz CT molecular complexity index is 1050. The molecule has 0 aliphatic carbocycles. The monoisotopic (exact) mass is 390 g/mol. The number of fused-ring (bicyclic) bond motifs is 1. The van der Waals surface area contributed by atoms with Gasteiger partial charge in [-0.1, -0.05) is 24.3 Å². The Morgan fingerprint density at radius 3 is 2.34 bits per heavy atom. The molecule has 6 nitrogen and oxygen atoms in total. The molecule has 29 heavy (non-hydrogen) atoms. The lowest BCUT2D eigenvalue weighted by Gasteiger charge is -2.38. The van der Waals surface area contributed by atoms with Crippen LogP contribution >= 0.6 is 0 Å². The van der Waals surface area contributed by atoms with Gasteiger partial charge in [0, 0.05) is 11.8 Å². The van der Waals surface area contributed by atoms with Gasteiger partial charge in [-0.2, -0.15) is 0 Å². The third-order valence-corrected chi connectivity index (χ3v) is 4.98. The summed E-state index contributed by atoms with van der Waals surface area (Å²) in [5.74, 6) is 1.81. The van der Waals surface area contributed by atoms with Crippen molar-refractivity contribution in [3.63, 3.8) is 0 Å². The van der Waals surface area contributed by atoms with Crippen LogP contribution in [0.1, 0.15) is 22.1 Å². The summed E-state index contributed by atoms with van der Waals surface area (Å²) >= 11 is 0. The predicted octanol–water partition coefficient (Wildman–Crippen LogP) is 4.48. The van der Waals surface area contributed by atoms with Crippen LogP contribution in [0, 0.1) is 0 Å². The first-order valence-corrected chi connectivity index (χ1v) is 9.21. The highest BCUT2D eigenvalue weighted by atomic mass is 16.5. The molecule has 1 aliphatic heterocycles. The first kappa shape index (κ1) is 18.7. The first-order chi connectivity index (χ1) is 14.2. The number of amides is 1. The molecule has 3 aromatic rings. The van der Waals surface area contributed by atoms with E-state index in [2.05, 4.69) is 5.32 Å². The summed E-state index contributed by atoms with van der Waals surface area (Å²) in [6, 6.07) is 20.6. The standard InChI is InChI=1S/C23H22N2O4/c1-27-16-8-6-7-15(13-16)22-24-19-10-5-4-9-18(19)23(26)25(22)20-12-11-17(28-2)14-21(20)29-3/h4-14,22,24H,1-3H3/t22-/m1/s1. The average molecular weight is 390 g/mol. The second kappa shape index (κ2) is 7.75. The Kier molecular flexibility index (Phi) is 4.99. The molecule has 1 heterocycles. The number of hydrogen-bond donors (Lipinski definition) is 1. The van der Waals surface area contributed by atoms with E-state index in [1.54, 1.807) is 32.3 Å². The van der Waals surface area contributed by atoms with Crippen molar-refractivity contribution in [3.05, 3.63) is 77.9 Å². The predicted molar refractivity (Wildman–Crippen MR) is 112 cm³/mol. The van der Waals surface area contributed by atoms with Crippen molar-refractivity contribution in [1.82, 2.24) is 0 Å². The molecule has 4 rings (SSSR count). The van der Waals surface area contributed by atoms with Crippen molar-refractivity contribution >= 4 is 17.3 Å². The van der Waals surface area contributed by atoms with Crippen molar-refractivity contribution in [3.8, 4) is 17.2 Å². The van der Waals surface area contributed by atoms with Gasteiger partial charge in [0.25, 0.3) is 5.91 Å². The summed E-state index contributed by atoms with van der Waals surface area (Å²) in [5.41, 5.74) is 2.93. The van der Waals surface area contributed by atoms with Gasteiger partial charge in [0.15, 0.2) is 0 Å². The Morgan fingerprint density at radius 1 is 0.828 bits per heavy atom. The molecule has 1 atom stereocenters. The number of carbonyl (C=O) groups excluding carboxylic acids is 1. The lowest BCUT2D eigenvalue weighted by Crippen LogP contribution is -2.43. The highest BCUT2D eigenvalue weighted by Crippen LogP contribution is 2.42. The number of para-hydroxylation sites is 1. The zero-order valence-electron chi connectivity index (χ0n) is 16.5. The molecule has 3 aromatic carbocycles. The summed E-state index contributed by atoms with van der Waals surface area (Å²) in [4.78, 5) is 15.2. The number of nitrogens with zero attached hydrogens (tertiary/aromatic N) is 1. The van der Waals surface area contributed by atoms with Crippen LogP contribution in [0.15, 0.2) is 66.7 Å². The maximum atomic E-state index is 13.5. The van der Waals surface area contributed by atoms with Crippen LogP contribution in [-0.2, 0) is 0 Å². The molecule has 148 valence electrons. The lowest BCUT2D eigenvalue weighted by molar-refractivity contribution is 0.0974. The van der Waals surface area contributed by atoms with Gasteiger partial charge in [-0.15, -0.1) is 0 Å². The third kappa shape index (κ3) is 3.33. The molecule has 0 aromatic heterocycles. The molecule has 1 amide bonds. The van der Waals surface area contributed by atoms with Gasteiger partial charge in [-0.05, 0) is 42.0 Å². The molecule has 0 bridgehead atoms. The highest BCUT2D eigenvalue weighted by molar-refractivity contribution is 6.12. The molecule has 0 radical (unpaired) electrons. The van der Waals surface area contributed by atoms with Crippen molar-refractivity contribution in [2.75, 3.05) is 31.5 Å². The molecule has 0 saturated carbocycles. The normalized spacial score (nSPS) is 15.3. The molecule has 0 saturated heterocycles. The maximum absolute atomic E-state index is 13.5. The van der Waals surface area contributed by atoms with Gasteiger partial charge in [0.2, 0.25) is 0 Å². The summed E-state index contributed by atoms with van der Waals surface area (Å²) in [7, 11) is 4.80. The molecular weight excluding hydrogens is 368 g/mol. The fraction of sp³-hybridized carbons (Fsp3) is 0.174. The maximum Gasteiger partial charge on any atom is 0.262 e. The smallest absolute Gasteiger partial charge is 0.262 e. The van der Waals surface area contributed by atoms with E-state index >= 15 is 0 Å². The van der Waals surface area contributed by atoms with E-state index in [1.807, 2.05) is 60.7 Å². The minimum Gasteiger partial charge on any atom is -0.497 e. The Labute approximate surface area is 169 Å². The molecule has 6 heteroatoms. The third-order valence-electron chi connectivity index (χ3n) is 4.98. The summed E-state index contributed by atoms with van der Waals surface area (Å²) in [6.45, 7) is 0. The molecule has 0 unspecified atom stereocenters. The number of hydrogen-bond acceptors (Lipinski definition) is 5. The van der Waals surface area contributed by atoms with Crippen molar-refractivity contribution in [2.45, 2.75) is 6.17 Å². The van der Waals surface area contributed by atoms with E-state index in [1.165, 1.54) is 0 Å². The Morgan fingerprint density at radius 2 is 1.59 bits per heavy atom. The number of methoxy groups -OCH3 is 3. The second-order valence-electron chi connectivity index (χ2n) is 6.58. The van der Waals surface area contributed by atoms with Crippen LogP contribution in [-0.4, -0.2) is 27.2 Å². The van der Waals surface area contributed by atoms with Gasteiger partial charge in [-0.25, -0.2) is 0 Å². The SMILES string of the molecule is COc1cccc([C@@H]2Nc3ccccc3C(=O)N2c2ccc(OC)cc2OC)c1. The average Bonchev–Trinajstić information content (AvgIpc) is 2.78. The Hall–Kier alpha value is -3.67. The van der Waals surface area contributed by atoms with E-state index < -0.39 is 6.17 Å². The van der Waals surface area contributed by atoms with Gasteiger partial charge < -0.3 is 19.5 Å². The number of anilines is 2. The van der Waals surface area contributed by atoms with Crippen molar-refractivity contribution in [1.29, 1.82) is 0 Å². The van der Waals surface area contributed by atoms with Crippen LogP contribution in [0.2, 0.25) is 0 Å². The zero-order valence-corrected chi connectivity index (χ0v) is 16.5.